The molecule has 20 heavy (non-hydrogen) atoms. The van der Waals surface area contributed by atoms with Crippen LogP contribution in [0.25, 0.3) is 22.0 Å². The van der Waals surface area contributed by atoms with E-state index in [0.29, 0.717) is 11.3 Å². The van der Waals surface area contributed by atoms with Crippen LogP contribution in [-0.2, 0) is 0 Å². The minimum Gasteiger partial charge on any atom is -0.497 e. The molecule has 0 bridgehead atoms. The fourth-order valence-corrected chi connectivity index (χ4v) is 2.20. The van der Waals surface area contributed by atoms with E-state index in [2.05, 4.69) is 4.98 Å². The van der Waals surface area contributed by atoms with E-state index in [1.807, 2.05) is 18.2 Å². The zero-order valence-electron chi connectivity index (χ0n) is 10.7. The monoisotopic (exact) mass is 271 g/mol. The van der Waals surface area contributed by atoms with Gasteiger partial charge in [0.05, 0.1) is 12.8 Å². The van der Waals surface area contributed by atoms with Crippen LogP contribution in [-0.4, -0.2) is 12.1 Å². The number of hydrogen-bond donors (Lipinski definition) is 0. The quantitative estimate of drug-likeness (QED) is 0.697. The lowest BCUT2D eigenvalue weighted by molar-refractivity contribution is 0.415. The van der Waals surface area contributed by atoms with Gasteiger partial charge in [-0.25, -0.2) is 8.78 Å². The minimum absolute atomic E-state index is 0.415. The van der Waals surface area contributed by atoms with Crippen LogP contribution < -0.4 is 4.74 Å². The summed E-state index contributed by atoms with van der Waals surface area (Å²) in [5.41, 5.74) is 0.960. The Labute approximate surface area is 114 Å². The summed E-state index contributed by atoms with van der Waals surface area (Å²) in [6, 6.07) is 10.7. The Morgan fingerprint density at radius 3 is 2.40 bits per heavy atom. The Bertz CT molecular complexity index is 766. The summed E-state index contributed by atoms with van der Waals surface area (Å²) in [7, 11) is 1.59. The van der Waals surface area contributed by atoms with Crippen molar-refractivity contribution in [1.29, 1.82) is 0 Å². The molecule has 2 nitrogen and oxygen atoms in total. The van der Waals surface area contributed by atoms with Gasteiger partial charge in [0.15, 0.2) is 0 Å². The molecule has 0 amide bonds. The molecule has 0 atom stereocenters. The fourth-order valence-electron chi connectivity index (χ4n) is 2.20. The predicted octanol–water partition coefficient (Wildman–Crippen LogP) is 4.19. The van der Waals surface area contributed by atoms with Gasteiger partial charge in [-0.3, -0.25) is 4.98 Å². The van der Waals surface area contributed by atoms with Crippen LogP contribution in [0.5, 0.6) is 5.75 Å². The molecule has 3 aromatic rings. The van der Waals surface area contributed by atoms with Gasteiger partial charge < -0.3 is 4.74 Å². The van der Waals surface area contributed by atoms with Gasteiger partial charge in [-0.15, -0.1) is 0 Å². The summed E-state index contributed by atoms with van der Waals surface area (Å²) >= 11 is 0. The van der Waals surface area contributed by atoms with E-state index in [4.69, 9.17) is 4.74 Å². The Hall–Kier alpha value is -2.49. The van der Waals surface area contributed by atoms with E-state index in [-0.39, 0.29) is 0 Å². The van der Waals surface area contributed by atoms with Gasteiger partial charge in [0.2, 0.25) is 0 Å². The van der Waals surface area contributed by atoms with Crippen molar-refractivity contribution in [1.82, 2.24) is 4.98 Å². The van der Waals surface area contributed by atoms with Gasteiger partial charge in [0, 0.05) is 23.2 Å². The summed E-state index contributed by atoms with van der Waals surface area (Å²) in [4.78, 5) is 4.24. The molecule has 0 aliphatic carbocycles. The molecule has 0 N–H and O–H groups in total. The van der Waals surface area contributed by atoms with E-state index in [0.717, 1.165) is 22.6 Å². The Morgan fingerprint density at radius 1 is 0.950 bits per heavy atom. The maximum Gasteiger partial charge on any atom is 0.126 e. The van der Waals surface area contributed by atoms with Crippen molar-refractivity contribution >= 4 is 10.8 Å². The average Bonchev–Trinajstić information content (AvgIpc) is 2.45. The van der Waals surface area contributed by atoms with Crippen molar-refractivity contribution in [2.24, 2.45) is 0 Å². The molecule has 0 fully saturated rings. The fraction of sp³-hybridized carbons (Fsp3) is 0.0625. The van der Waals surface area contributed by atoms with Gasteiger partial charge in [-0.2, -0.15) is 0 Å². The highest BCUT2D eigenvalue weighted by molar-refractivity contribution is 5.95. The van der Waals surface area contributed by atoms with E-state index in [9.17, 15) is 8.78 Å². The maximum absolute atomic E-state index is 13.3. The SMILES string of the molecule is COc1ccc2c(-c3cc(F)cc(F)c3)nccc2c1. The number of halogens is 2. The van der Waals surface area contributed by atoms with Gasteiger partial charge >= 0.3 is 0 Å². The highest BCUT2D eigenvalue weighted by Crippen LogP contribution is 2.29. The molecule has 1 aromatic heterocycles. The molecule has 4 heteroatoms. The molecule has 0 aliphatic heterocycles. The highest BCUT2D eigenvalue weighted by Gasteiger charge is 2.09. The Kier molecular flexibility index (Phi) is 3.06. The molecular formula is C16H11F2NO. The lowest BCUT2D eigenvalue weighted by Gasteiger charge is -2.08. The van der Waals surface area contributed by atoms with Crippen LogP contribution in [0.15, 0.2) is 48.7 Å². The van der Waals surface area contributed by atoms with Gasteiger partial charge in [0.1, 0.15) is 17.4 Å². The van der Waals surface area contributed by atoms with Crippen molar-refractivity contribution in [2.45, 2.75) is 0 Å². The van der Waals surface area contributed by atoms with Crippen molar-refractivity contribution in [2.75, 3.05) is 7.11 Å². The van der Waals surface area contributed by atoms with E-state index >= 15 is 0 Å². The molecule has 0 spiro atoms. The second-order valence-corrected chi connectivity index (χ2v) is 4.40. The normalized spacial score (nSPS) is 10.8. The van der Waals surface area contributed by atoms with Crippen LogP contribution in [0, 0.1) is 11.6 Å². The highest BCUT2D eigenvalue weighted by atomic mass is 19.1. The molecule has 0 unspecified atom stereocenters. The first-order valence-electron chi connectivity index (χ1n) is 6.06. The van der Waals surface area contributed by atoms with Crippen LogP contribution in [0.1, 0.15) is 0 Å². The number of ether oxygens (including phenoxy) is 1. The van der Waals surface area contributed by atoms with Crippen LogP contribution in [0.3, 0.4) is 0 Å². The number of nitrogens with zero attached hydrogens (tertiary/aromatic N) is 1. The molecule has 3 rings (SSSR count). The minimum atomic E-state index is -0.618. The first-order chi connectivity index (χ1) is 9.67. The molecule has 0 aliphatic rings. The number of aromatic nitrogens is 1. The van der Waals surface area contributed by atoms with Gasteiger partial charge in [-0.1, -0.05) is 0 Å². The number of hydrogen-bond acceptors (Lipinski definition) is 2. The molecule has 2 aromatic carbocycles. The number of methoxy groups -OCH3 is 1. The standard InChI is InChI=1S/C16H11F2NO/c1-20-14-2-3-15-10(8-14)4-5-19-16(15)11-6-12(17)9-13(18)7-11/h2-9H,1H3. The molecule has 0 saturated heterocycles. The Morgan fingerprint density at radius 2 is 1.70 bits per heavy atom. The zero-order valence-corrected chi connectivity index (χ0v) is 10.7. The summed E-state index contributed by atoms with van der Waals surface area (Å²) in [5.74, 6) is -0.514. The first kappa shape index (κ1) is 12.5. The molecule has 0 radical (unpaired) electrons. The lowest BCUT2D eigenvalue weighted by atomic mass is 10.0. The topological polar surface area (TPSA) is 22.1 Å². The number of pyridine rings is 1. The summed E-state index contributed by atoms with van der Waals surface area (Å²) in [6.45, 7) is 0. The van der Waals surface area contributed by atoms with Crippen LogP contribution in [0.4, 0.5) is 8.78 Å². The number of benzene rings is 2. The molecule has 100 valence electrons. The van der Waals surface area contributed by atoms with Crippen molar-refractivity contribution in [3.8, 4) is 17.0 Å². The third-order valence-electron chi connectivity index (χ3n) is 3.11. The summed E-state index contributed by atoms with van der Waals surface area (Å²) < 4.78 is 31.9. The van der Waals surface area contributed by atoms with E-state index in [1.165, 1.54) is 12.1 Å². The lowest BCUT2D eigenvalue weighted by Crippen LogP contribution is -1.90. The first-order valence-corrected chi connectivity index (χ1v) is 6.06. The second-order valence-electron chi connectivity index (χ2n) is 4.40. The van der Waals surface area contributed by atoms with Crippen LogP contribution in [0.2, 0.25) is 0 Å². The Balaban J connectivity index is 2.25. The molecule has 1 heterocycles. The van der Waals surface area contributed by atoms with Crippen molar-refractivity contribution in [3.63, 3.8) is 0 Å². The van der Waals surface area contributed by atoms with Crippen molar-refractivity contribution in [3.05, 3.63) is 60.3 Å². The number of rotatable bonds is 2. The third-order valence-corrected chi connectivity index (χ3v) is 3.11. The van der Waals surface area contributed by atoms with Gasteiger partial charge in [0.25, 0.3) is 0 Å². The largest absolute Gasteiger partial charge is 0.497 e. The zero-order chi connectivity index (χ0) is 14.1. The van der Waals surface area contributed by atoms with Gasteiger partial charge in [-0.05, 0) is 41.8 Å². The average molecular weight is 271 g/mol. The molecule has 0 saturated carbocycles. The predicted molar refractivity (Wildman–Crippen MR) is 73.6 cm³/mol. The number of fused-ring (bicyclic) bond motifs is 1. The summed E-state index contributed by atoms with van der Waals surface area (Å²) in [5, 5.41) is 1.72. The maximum atomic E-state index is 13.3. The van der Waals surface area contributed by atoms with E-state index < -0.39 is 11.6 Å². The second kappa shape index (κ2) is 4.89. The smallest absolute Gasteiger partial charge is 0.126 e. The third kappa shape index (κ3) is 2.20. The van der Waals surface area contributed by atoms with E-state index in [1.54, 1.807) is 19.4 Å². The van der Waals surface area contributed by atoms with Crippen LogP contribution >= 0.6 is 0 Å². The van der Waals surface area contributed by atoms with Crippen molar-refractivity contribution < 1.29 is 13.5 Å². The molecular weight excluding hydrogens is 260 g/mol. The summed E-state index contributed by atoms with van der Waals surface area (Å²) in [6.07, 6.45) is 1.61.